The van der Waals surface area contributed by atoms with E-state index in [0.717, 1.165) is 16.7 Å². The van der Waals surface area contributed by atoms with Gasteiger partial charge in [-0.1, -0.05) is 97.1 Å². The van der Waals surface area contributed by atoms with Crippen LogP contribution in [0.2, 0.25) is 0 Å². The second-order valence-corrected chi connectivity index (χ2v) is 13.3. The van der Waals surface area contributed by atoms with Crippen LogP contribution in [0.5, 0.6) is 0 Å². The zero-order chi connectivity index (χ0) is 27.5. The molecule has 0 aromatic heterocycles. The summed E-state index contributed by atoms with van der Waals surface area (Å²) < 4.78 is 15.3. The van der Waals surface area contributed by atoms with E-state index >= 15 is 0 Å². The molecule has 0 heterocycles. The second kappa shape index (κ2) is 11.0. The Morgan fingerprint density at radius 3 is 1.63 bits per heavy atom. The minimum atomic E-state index is -3.70. The normalized spacial score (nSPS) is 11.8. The number of quaternary nitrogens is 1. The summed E-state index contributed by atoms with van der Waals surface area (Å²) in [6.07, 6.45) is 0. The number of hydrogen-bond donors (Lipinski definition) is 0. The summed E-state index contributed by atoms with van der Waals surface area (Å²) in [5, 5.41) is 0.980. The van der Waals surface area contributed by atoms with Crippen molar-refractivity contribution in [2.75, 3.05) is 20.6 Å². The Morgan fingerprint density at radius 2 is 1.13 bits per heavy atom. The number of aryl methyl sites for hydroxylation is 2. The van der Waals surface area contributed by atoms with Crippen LogP contribution in [-0.2, 0) is 11.1 Å². The highest BCUT2D eigenvalue weighted by molar-refractivity contribution is 7.93. The molecule has 4 aromatic rings. The van der Waals surface area contributed by atoms with Crippen LogP contribution in [0, 0.1) is 20.8 Å². The molecule has 4 rings (SSSR count). The van der Waals surface area contributed by atoms with Gasteiger partial charge < -0.3 is 9.05 Å². The molecule has 0 spiro atoms. The molecule has 4 nitrogen and oxygen atoms in total. The fourth-order valence-electron chi connectivity index (χ4n) is 5.36. The predicted molar refractivity (Wildman–Crippen MR) is 156 cm³/mol. The molecule has 0 unspecified atom stereocenters. The summed E-state index contributed by atoms with van der Waals surface area (Å²) in [7, 11) is 0.376. The summed E-state index contributed by atoms with van der Waals surface area (Å²) >= 11 is 0. The van der Waals surface area contributed by atoms with Gasteiger partial charge >= 0.3 is 0 Å². The third kappa shape index (κ3) is 5.48. The highest BCUT2D eigenvalue weighted by Crippen LogP contribution is 2.48. The van der Waals surface area contributed by atoms with E-state index < -0.39 is 12.7 Å². The minimum absolute atomic E-state index is 0.0239. The van der Waals surface area contributed by atoms with Gasteiger partial charge in [-0.15, -0.1) is 0 Å². The molecule has 194 valence electrons. The van der Waals surface area contributed by atoms with Crippen molar-refractivity contribution in [3.63, 3.8) is 0 Å². The quantitative estimate of drug-likeness (QED) is 0.148. The van der Waals surface area contributed by atoms with Crippen molar-refractivity contribution in [1.29, 1.82) is 0 Å². The third-order valence-corrected chi connectivity index (χ3v) is 9.86. The molecular weight excluding hydrogens is 489 g/mol. The second-order valence-electron chi connectivity index (χ2n) is 10.6. The van der Waals surface area contributed by atoms with E-state index in [4.69, 9.17) is 0 Å². The molecule has 4 aromatic carbocycles. The maximum Gasteiger partial charge on any atom is 0.230 e. The van der Waals surface area contributed by atoms with Crippen molar-refractivity contribution in [2.24, 2.45) is 0 Å². The van der Waals surface area contributed by atoms with E-state index in [1.165, 1.54) is 0 Å². The molecule has 0 atom stereocenters. The molecule has 0 aliphatic carbocycles. The summed E-state index contributed by atoms with van der Waals surface area (Å²) in [5.41, 5.74) is 3.81. The molecule has 0 N–H and O–H groups in total. The molecular formula is C33H35NO3P+. The van der Waals surface area contributed by atoms with Gasteiger partial charge in [-0.2, -0.15) is 0 Å². The molecule has 0 saturated carbocycles. The molecule has 0 aliphatic rings. The van der Waals surface area contributed by atoms with E-state index in [-0.39, 0.29) is 12.3 Å². The first-order valence-corrected chi connectivity index (χ1v) is 14.5. The highest BCUT2D eigenvalue weighted by Gasteiger charge is 2.39. The van der Waals surface area contributed by atoms with E-state index in [0.29, 0.717) is 38.3 Å². The number of ketones is 1. The zero-order valence-electron chi connectivity index (χ0n) is 22.8. The number of hydrogen-bond acceptors (Lipinski definition) is 3. The lowest BCUT2D eigenvalue weighted by Gasteiger charge is -2.30. The molecule has 5 heteroatoms. The largest absolute Gasteiger partial charge is 0.318 e. The van der Waals surface area contributed by atoms with Crippen LogP contribution in [0.25, 0.3) is 0 Å². The third-order valence-electron chi connectivity index (χ3n) is 7.02. The van der Waals surface area contributed by atoms with Crippen LogP contribution in [0.1, 0.15) is 43.0 Å². The van der Waals surface area contributed by atoms with Gasteiger partial charge in [0.25, 0.3) is 0 Å². The Morgan fingerprint density at radius 1 is 0.684 bits per heavy atom. The number of rotatable bonds is 9. The van der Waals surface area contributed by atoms with E-state index in [2.05, 4.69) is 12.1 Å². The topological polar surface area (TPSA) is 51.2 Å². The summed E-state index contributed by atoms with van der Waals surface area (Å²) in [4.78, 5) is 28.1. The number of carbonyl (C=O) groups is 2. The first-order valence-electron chi connectivity index (χ1n) is 12.8. The number of likely N-dealkylation sites (N-methyl/N-ethyl adjacent to an activating group) is 1. The van der Waals surface area contributed by atoms with Gasteiger partial charge in [-0.05, 0) is 37.5 Å². The van der Waals surface area contributed by atoms with Crippen molar-refractivity contribution < 1.29 is 18.6 Å². The van der Waals surface area contributed by atoms with Crippen molar-refractivity contribution in [2.45, 2.75) is 27.3 Å². The smallest absolute Gasteiger partial charge is 0.230 e. The number of benzene rings is 4. The Hall–Kier alpha value is -3.59. The Bertz CT molecular complexity index is 1470. The zero-order valence-corrected chi connectivity index (χ0v) is 23.7. The van der Waals surface area contributed by atoms with Crippen LogP contribution in [0.3, 0.4) is 0 Å². The number of carbonyl (C=O) groups excluding carboxylic acids is 2. The Kier molecular flexibility index (Phi) is 7.97. The van der Waals surface area contributed by atoms with Gasteiger partial charge in [0.2, 0.25) is 18.4 Å². The molecule has 0 bridgehead atoms. The van der Waals surface area contributed by atoms with Crippen molar-refractivity contribution in [3.8, 4) is 0 Å². The summed E-state index contributed by atoms with van der Waals surface area (Å²) in [6.45, 7) is 6.57. The maximum atomic E-state index is 14.8. The Labute approximate surface area is 225 Å². The molecule has 0 fully saturated rings. The fourth-order valence-corrected chi connectivity index (χ4v) is 7.97. The van der Waals surface area contributed by atoms with Gasteiger partial charge in [-0.25, -0.2) is 0 Å². The lowest BCUT2D eigenvalue weighted by Crippen LogP contribution is -2.43. The van der Waals surface area contributed by atoms with Crippen molar-refractivity contribution in [1.82, 2.24) is 0 Å². The van der Waals surface area contributed by atoms with Crippen molar-refractivity contribution in [3.05, 3.63) is 130 Å². The van der Waals surface area contributed by atoms with Gasteiger partial charge in [0.15, 0.2) is 0 Å². The molecule has 38 heavy (non-hydrogen) atoms. The summed E-state index contributed by atoms with van der Waals surface area (Å²) in [6, 6.07) is 29.9. The van der Waals surface area contributed by atoms with Gasteiger partial charge in [-0.3, -0.25) is 9.59 Å². The average molecular weight is 525 g/mol. The predicted octanol–water partition coefficient (Wildman–Crippen LogP) is 6.23. The molecule has 0 amide bonds. The average Bonchev–Trinajstić information content (AvgIpc) is 2.88. The van der Waals surface area contributed by atoms with Crippen molar-refractivity contribution >= 4 is 29.1 Å². The van der Waals surface area contributed by atoms with Crippen LogP contribution in [0.15, 0.2) is 97.1 Å². The maximum absolute atomic E-state index is 14.8. The van der Waals surface area contributed by atoms with Gasteiger partial charge in [0.1, 0.15) is 13.1 Å². The van der Waals surface area contributed by atoms with E-state index in [9.17, 15) is 14.2 Å². The fraction of sp³-hybridized carbons (Fsp3) is 0.212. The highest BCUT2D eigenvalue weighted by atomic mass is 31.2. The lowest BCUT2D eigenvalue weighted by atomic mass is 9.91. The van der Waals surface area contributed by atoms with Crippen LogP contribution >= 0.6 is 7.14 Å². The standard InChI is InChI=1S/C33H35NO3P/c1-24-21-25(2)32(26(3)31(24)30(35)23-34(4,5)22-27-15-9-6-10-16-27)33(36)38(37,28-17-11-7-12-18-28)29-19-13-8-14-20-29/h6-21H,22-23H2,1-5H3/q+1. The van der Waals surface area contributed by atoms with Crippen LogP contribution in [0.4, 0.5) is 0 Å². The monoisotopic (exact) mass is 524 g/mol. The van der Waals surface area contributed by atoms with Gasteiger partial charge in [0.05, 0.1) is 14.1 Å². The van der Waals surface area contributed by atoms with Crippen LogP contribution < -0.4 is 10.6 Å². The number of nitrogens with zero attached hydrogens (tertiary/aromatic N) is 1. The minimum Gasteiger partial charge on any atom is -0.318 e. The Balaban J connectivity index is 1.78. The lowest BCUT2D eigenvalue weighted by molar-refractivity contribution is -0.895. The SMILES string of the molecule is Cc1cc(C)c(C(=O)P(=O)(c2ccccc2)c2ccccc2)c(C)c1C(=O)C[N+](C)(C)Cc1ccccc1. The first-order chi connectivity index (χ1) is 18.0. The first kappa shape index (κ1) is 27.4. The van der Waals surface area contributed by atoms with Gasteiger partial charge in [0, 0.05) is 27.3 Å². The molecule has 0 aliphatic heterocycles. The van der Waals surface area contributed by atoms with E-state index in [1.807, 2.05) is 71.3 Å². The number of Topliss-reactive ketones (excluding diaryl/α,β-unsaturated/α-hetero) is 1. The van der Waals surface area contributed by atoms with Crippen LogP contribution in [-0.4, -0.2) is 36.4 Å². The molecule has 0 radical (unpaired) electrons. The molecule has 0 saturated heterocycles. The van der Waals surface area contributed by atoms with E-state index in [1.54, 1.807) is 48.5 Å². The summed E-state index contributed by atoms with van der Waals surface area (Å²) in [5.74, 6) is -0.0239.